The Hall–Kier alpha value is -2.04. The maximum atomic E-state index is 10.9. The van der Waals surface area contributed by atoms with E-state index in [1.807, 2.05) is 0 Å². The molecule has 0 aromatic carbocycles. The van der Waals surface area contributed by atoms with Crippen molar-refractivity contribution in [2.75, 3.05) is 5.73 Å². The molecule has 1 amide bonds. The summed E-state index contributed by atoms with van der Waals surface area (Å²) in [4.78, 5) is 10.9. The number of primary amides is 1. The van der Waals surface area contributed by atoms with Crippen molar-refractivity contribution >= 4 is 17.1 Å². The number of nitrogens with zero attached hydrogens (tertiary/aromatic N) is 2. The Kier molecular flexibility index (Phi) is 1.45. The molecule has 4 N–H and O–H groups in total. The Bertz CT molecular complexity index is 474. The fraction of sp³-hybridized carbons (Fsp3) is 0. The smallest absolute Gasteiger partial charge is 0.252 e. The second-order valence-electron chi connectivity index (χ2n) is 2.71. The fourth-order valence-electron chi connectivity index (χ4n) is 1.19. The lowest BCUT2D eigenvalue weighted by molar-refractivity contribution is 0.100. The van der Waals surface area contributed by atoms with Crippen LogP contribution < -0.4 is 11.5 Å². The molecule has 0 saturated heterocycles. The van der Waals surface area contributed by atoms with E-state index in [0.717, 1.165) is 0 Å². The summed E-state index contributed by atoms with van der Waals surface area (Å²) in [7, 11) is 0. The average molecular weight is 176 g/mol. The Morgan fingerprint density at radius 2 is 2.31 bits per heavy atom. The normalized spacial score (nSPS) is 10.5. The van der Waals surface area contributed by atoms with E-state index in [1.165, 1.54) is 6.20 Å². The van der Waals surface area contributed by atoms with E-state index in [4.69, 9.17) is 11.5 Å². The Balaban J connectivity index is 2.79. The van der Waals surface area contributed by atoms with Gasteiger partial charge in [0.05, 0.1) is 17.3 Å². The summed E-state index contributed by atoms with van der Waals surface area (Å²) in [5, 5.41) is 3.94. The molecule has 13 heavy (non-hydrogen) atoms. The van der Waals surface area contributed by atoms with Crippen molar-refractivity contribution in [2.24, 2.45) is 5.73 Å². The molecule has 0 fully saturated rings. The predicted octanol–water partition coefficient (Wildman–Crippen LogP) is 0.0154. The summed E-state index contributed by atoms with van der Waals surface area (Å²) in [5.41, 5.74) is 12.3. The van der Waals surface area contributed by atoms with Gasteiger partial charge in [-0.25, -0.2) is 4.52 Å². The topological polar surface area (TPSA) is 86.4 Å². The molecule has 2 heterocycles. The number of nitrogens with two attached hydrogens (primary N) is 2. The third-order valence-electron chi connectivity index (χ3n) is 1.81. The molecule has 66 valence electrons. The third-order valence-corrected chi connectivity index (χ3v) is 1.81. The maximum absolute atomic E-state index is 10.9. The van der Waals surface area contributed by atoms with Gasteiger partial charge in [0, 0.05) is 11.9 Å². The zero-order valence-corrected chi connectivity index (χ0v) is 6.77. The molecule has 5 nitrogen and oxygen atoms in total. The highest BCUT2D eigenvalue weighted by Crippen LogP contribution is 2.12. The van der Waals surface area contributed by atoms with Gasteiger partial charge in [-0.15, -0.1) is 0 Å². The lowest BCUT2D eigenvalue weighted by Gasteiger charge is -1.96. The Morgan fingerprint density at radius 1 is 1.54 bits per heavy atom. The molecule has 0 saturated carbocycles. The predicted molar refractivity (Wildman–Crippen MR) is 48.1 cm³/mol. The highest BCUT2D eigenvalue weighted by Gasteiger charge is 2.08. The van der Waals surface area contributed by atoms with E-state index >= 15 is 0 Å². The highest BCUT2D eigenvalue weighted by atomic mass is 16.1. The molecule has 0 unspecified atom stereocenters. The monoisotopic (exact) mass is 176 g/mol. The minimum atomic E-state index is -0.499. The summed E-state index contributed by atoms with van der Waals surface area (Å²) in [6, 6.07) is 3.36. The summed E-state index contributed by atoms with van der Waals surface area (Å²) >= 11 is 0. The molecule has 2 aromatic heterocycles. The van der Waals surface area contributed by atoms with Gasteiger partial charge in [0.2, 0.25) is 0 Å². The zero-order chi connectivity index (χ0) is 9.42. The molecule has 0 aliphatic heterocycles. The van der Waals surface area contributed by atoms with Crippen LogP contribution in [0.2, 0.25) is 0 Å². The van der Waals surface area contributed by atoms with Crippen LogP contribution in [0.1, 0.15) is 10.4 Å². The van der Waals surface area contributed by atoms with E-state index in [2.05, 4.69) is 5.10 Å². The third kappa shape index (κ3) is 1.10. The van der Waals surface area contributed by atoms with Crippen molar-refractivity contribution in [1.29, 1.82) is 0 Å². The second kappa shape index (κ2) is 2.48. The lowest BCUT2D eigenvalue weighted by atomic mass is 10.2. The summed E-state index contributed by atoms with van der Waals surface area (Å²) in [6.45, 7) is 0. The fourth-order valence-corrected chi connectivity index (χ4v) is 1.19. The number of anilines is 1. The number of fused-ring (bicyclic) bond motifs is 1. The van der Waals surface area contributed by atoms with Gasteiger partial charge in [-0.05, 0) is 12.1 Å². The van der Waals surface area contributed by atoms with E-state index in [0.29, 0.717) is 16.8 Å². The summed E-state index contributed by atoms with van der Waals surface area (Å²) in [6.07, 6.45) is 3.11. The number of aromatic nitrogens is 2. The standard InChI is InChI=1S/C8H8N4O/c9-5-1-2-12-7(3-5)6(4-11-12)8(10)13/h1-4H,9H2,(H2,10,13). The molecular weight excluding hydrogens is 168 g/mol. The molecule has 5 heteroatoms. The van der Waals surface area contributed by atoms with Gasteiger partial charge in [-0.3, -0.25) is 4.79 Å². The molecule has 0 atom stereocenters. The van der Waals surface area contributed by atoms with Crippen LogP contribution >= 0.6 is 0 Å². The Labute approximate surface area is 73.9 Å². The molecule has 0 radical (unpaired) electrons. The van der Waals surface area contributed by atoms with Gasteiger partial charge in [0.25, 0.3) is 5.91 Å². The van der Waals surface area contributed by atoms with E-state index in [-0.39, 0.29) is 0 Å². The number of rotatable bonds is 1. The number of nitrogen functional groups attached to an aromatic ring is 1. The van der Waals surface area contributed by atoms with Crippen LogP contribution in [0.4, 0.5) is 5.69 Å². The van der Waals surface area contributed by atoms with E-state index in [9.17, 15) is 4.79 Å². The number of pyridine rings is 1. The van der Waals surface area contributed by atoms with Crippen LogP contribution in [-0.2, 0) is 0 Å². The van der Waals surface area contributed by atoms with Crippen molar-refractivity contribution < 1.29 is 4.79 Å². The van der Waals surface area contributed by atoms with Gasteiger partial charge in [0.1, 0.15) is 0 Å². The first-order chi connectivity index (χ1) is 6.18. The van der Waals surface area contributed by atoms with Crippen molar-refractivity contribution in [1.82, 2.24) is 9.61 Å². The van der Waals surface area contributed by atoms with E-state index < -0.39 is 5.91 Å². The van der Waals surface area contributed by atoms with Gasteiger partial charge in [-0.1, -0.05) is 0 Å². The van der Waals surface area contributed by atoms with Crippen LogP contribution in [0, 0.1) is 0 Å². The maximum Gasteiger partial charge on any atom is 0.252 e. The van der Waals surface area contributed by atoms with Gasteiger partial charge in [-0.2, -0.15) is 5.10 Å². The molecular formula is C8H8N4O. The molecule has 2 rings (SSSR count). The summed E-state index contributed by atoms with van der Waals surface area (Å²) in [5.74, 6) is -0.499. The highest BCUT2D eigenvalue weighted by molar-refractivity contribution is 5.99. The van der Waals surface area contributed by atoms with Gasteiger partial charge < -0.3 is 11.5 Å². The second-order valence-corrected chi connectivity index (χ2v) is 2.71. The van der Waals surface area contributed by atoms with E-state index in [1.54, 1.807) is 22.8 Å². The largest absolute Gasteiger partial charge is 0.399 e. The van der Waals surface area contributed by atoms with Crippen LogP contribution in [0.15, 0.2) is 24.5 Å². The van der Waals surface area contributed by atoms with Gasteiger partial charge >= 0.3 is 0 Å². The number of amides is 1. The van der Waals surface area contributed by atoms with Crippen molar-refractivity contribution in [3.05, 3.63) is 30.1 Å². The van der Waals surface area contributed by atoms with Crippen LogP contribution in [0.25, 0.3) is 5.52 Å². The first-order valence-corrected chi connectivity index (χ1v) is 3.71. The van der Waals surface area contributed by atoms with Crippen LogP contribution in [0.3, 0.4) is 0 Å². The van der Waals surface area contributed by atoms with Gasteiger partial charge in [0.15, 0.2) is 0 Å². The average Bonchev–Trinajstić information content (AvgIpc) is 2.46. The number of hydrogen-bond acceptors (Lipinski definition) is 3. The summed E-state index contributed by atoms with van der Waals surface area (Å²) < 4.78 is 1.55. The van der Waals surface area contributed by atoms with Crippen molar-refractivity contribution in [3.8, 4) is 0 Å². The molecule has 0 bridgehead atoms. The lowest BCUT2D eigenvalue weighted by Crippen LogP contribution is -2.10. The SMILES string of the molecule is NC(=O)c1cnn2ccc(N)cc12. The molecule has 0 spiro atoms. The van der Waals surface area contributed by atoms with Crippen LogP contribution in [-0.4, -0.2) is 15.5 Å². The van der Waals surface area contributed by atoms with Crippen molar-refractivity contribution in [2.45, 2.75) is 0 Å². The zero-order valence-electron chi connectivity index (χ0n) is 6.77. The molecule has 2 aromatic rings. The van der Waals surface area contributed by atoms with Crippen molar-refractivity contribution in [3.63, 3.8) is 0 Å². The molecule has 0 aliphatic rings. The first kappa shape index (κ1) is 7.60. The Morgan fingerprint density at radius 3 is 3.00 bits per heavy atom. The number of hydrogen-bond donors (Lipinski definition) is 2. The number of carbonyl (C=O) groups is 1. The minimum Gasteiger partial charge on any atom is -0.399 e. The molecule has 0 aliphatic carbocycles. The quantitative estimate of drug-likeness (QED) is 0.641. The first-order valence-electron chi connectivity index (χ1n) is 3.71. The minimum absolute atomic E-state index is 0.382. The number of carbonyl (C=O) groups excluding carboxylic acids is 1. The van der Waals surface area contributed by atoms with Crippen LogP contribution in [0.5, 0.6) is 0 Å².